The van der Waals surface area contributed by atoms with Crippen molar-refractivity contribution in [1.29, 1.82) is 0 Å². The Balaban J connectivity index is 1.77. The van der Waals surface area contributed by atoms with Crippen LogP contribution in [0.2, 0.25) is 0 Å². The normalized spacial score (nSPS) is 20.3. The number of fused-ring (bicyclic) bond motifs is 2. The molecule has 0 amide bonds. The van der Waals surface area contributed by atoms with E-state index in [0.29, 0.717) is 11.8 Å². The SMILES string of the molecule is CC(C)(C1C(CCCO)=Cc2ccccc21)C1C(CCCO)=Cc2ccccc21. The summed E-state index contributed by atoms with van der Waals surface area (Å²) in [4.78, 5) is 0. The summed E-state index contributed by atoms with van der Waals surface area (Å²) in [5, 5.41) is 18.9. The minimum Gasteiger partial charge on any atom is -0.396 e. The molecule has 2 nitrogen and oxygen atoms in total. The smallest absolute Gasteiger partial charge is 0.0434 e. The van der Waals surface area contributed by atoms with E-state index in [4.69, 9.17) is 0 Å². The molecule has 29 heavy (non-hydrogen) atoms. The Morgan fingerprint density at radius 2 is 1.10 bits per heavy atom. The van der Waals surface area contributed by atoms with Gasteiger partial charge in [-0.1, -0.05) is 85.7 Å². The van der Waals surface area contributed by atoms with Crippen molar-refractivity contribution in [2.75, 3.05) is 13.2 Å². The fourth-order valence-corrected chi connectivity index (χ4v) is 5.70. The number of allylic oxidation sites excluding steroid dienone is 2. The Labute approximate surface area is 174 Å². The monoisotopic (exact) mass is 388 g/mol. The molecule has 2 unspecified atom stereocenters. The van der Waals surface area contributed by atoms with Crippen molar-refractivity contribution >= 4 is 12.2 Å². The topological polar surface area (TPSA) is 40.5 Å². The van der Waals surface area contributed by atoms with E-state index in [1.807, 2.05) is 0 Å². The van der Waals surface area contributed by atoms with Gasteiger partial charge in [0.05, 0.1) is 0 Å². The fraction of sp³-hybridized carbons (Fsp3) is 0.407. The lowest BCUT2D eigenvalue weighted by Crippen LogP contribution is -2.30. The Kier molecular flexibility index (Phi) is 5.76. The van der Waals surface area contributed by atoms with Gasteiger partial charge in [-0.2, -0.15) is 0 Å². The largest absolute Gasteiger partial charge is 0.396 e. The molecule has 2 atom stereocenters. The fourth-order valence-electron chi connectivity index (χ4n) is 5.70. The highest BCUT2D eigenvalue weighted by atomic mass is 16.3. The second-order valence-electron chi connectivity index (χ2n) is 9.04. The first kappa shape index (κ1) is 20.1. The van der Waals surface area contributed by atoms with E-state index in [1.54, 1.807) is 0 Å². The van der Waals surface area contributed by atoms with Crippen LogP contribution in [-0.4, -0.2) is 23.4 Å². The number of rotatable bonds is 8. The molecule has 4 rings (SSSR count). The predicted octanol–water partition coefficient (Wildman–Crippen LogP) is 5.92. The van der Waals surface area contributed by atoms with E-state index in [-0.39, 0.29) is 18.6 Å². The number of benzene rings is 2. The van der Waals surface area contributed by atoms with Crippen LogP contribution >= 0.6 is 0 Å². The van der Waals surface area contributed by atoms with Crippen LogP contribution in [0.1, 0.15) is 73.6 Å². The summed E-state index contributed by atoms with van der Waals surface area (Å²) in [7, 11) is 0. The first-order chi connectivity index (χ1) is 14.1. The molecule has 2 heteroatoms. The molecule has 152 valence electrons. The lowest BCUT2D eigenvalue weighted by atomic mass is 9.61. The summed E-state index contributed by atoms with van der Waals surface area (Å²) < 4.78 is 0. The van der Waals surface area contributed by atoms with Crippen LogP contribution in [0.3, 0.4) is 0 Å². The molecule has 0 fully saturated rings. The van der Waals surface area contributed by atoms with Crippen LogP contribution in [0.4, 0.5) is 0 Å². The molecular weight excluding hydrogens is 356 g/mol. The van der Waals surface area contributed by atoms with Gasteiger partial charge in [-0.15, -0.1) is 0 Å². The van der Waals surface area contributed by atoms with E-state index in [9.17, 15) is 10.2 Å². The third-order valence-corrected chi connectivity index (χ3v) is 6.77. The third kappa shape index (κ3) is 3.60. The first-order valence-electron chi connectivity index (χ1n) is 10.9. The van der Waals surface area contributed by atoms with Gasteiger partial charge in [0, 0.05) is 25.0 Å². The number of hydrogen-bond acceptors (Lipinski definition) is 2. The maximum atomic E-state index is 9.45. The second kappa shape index (κ2) is 8.30. The summed E-state index contributed by atoms with van der Waals surface area (Å²) in [6.07, 6.45) is 8.19. The zero-order valence-corrected chi connectivity index (χ0v) is 17.6. The van der Waals surface area contributed by atoms with Gasteiger partial charge in [0.15, 0.2) is 0 Å². The minimum absolute atomic E-state index is 0.0121. The maximum absolute atomic E-state index is 9.45. The van der Waals surface area contributed by atoms with E-state index in [0.717, 1.165) is 25.7 Å². The van der Waals surface area contributed by atoms with Crippen LogP contribution in [0.15, 0.2) is 59.7 Å². The quantitative estimate of drug-likeness (QED) is 0.589. The molecule has 0 heterocycles. The van der Waals surface area contributed by atoms with Gasteiger partial charge < -0.3 is 10.2 Å². The standard InChI is InChI=1S/C27H32O2/c1-27(2,25-21(11-7-15-28)17-19-9-3-5-13-23(19)25)26-22(12-8-16-29)18-20-10-4-6-14-24(20)26/h3-6,9-10,13-14,17-18,25-26,28-29H,7-8,11-12,15-16H2,1-2H3. The lowest BCUT2D eigenvalue weighted by Gasteiger charge is -2.42. The van der Waals surface area contributed by atoms with Gasteiger partial charge >= 0.3 is 0 Å². The van der Waals surface area contributed by atoms with Crippen LogP contribution < -0.4 is 0 Å². The van der Waals surface area contributed by atoms with Gasteiger partial charge in [-0.05, 0) is 53.4 Å². The summed E-state index contributed by atoms with van der Waals surface area (Å²) in [5.41, 5.74) is 8.35. The zero-order valence-electron chi connectivity index (χ0n) is 17.6. The average Bonchev–Trinajstić information content (AvgIpc) is 3.29. The van der Waals surface area contributed by atoms with Gasteiger partial charge in [0.1, 0.15) is 0 Å². The Morgan fingerprint density at radius 3 is 1.52 bits per heavy atom. The highest BCUT2D eigenvalue weighted by Gasteiger charge is 2.46. The van der Waals surface area contributed by atoms with E-state index >= 15 is 0 Å². The number of aliphatic hydroxyl groups excluding tert-OH is 2. The van der Waals surface area contributed by atoms with Crippen molar-refractivity contribution in [2.24, 2.45) is 5.41 Å². The molecule has 0 saturated heterocycles. The second-order valence-corrected chi connectivity index (χ2v) is 9.04. The maximum Gasteiger partial charge on any atom is 0.0434 e. The van der Waals surface area contributed by atoms with Crippen LogP contribution in [-0.2, 0) is 0 Å². The van der Waals surface area contributed by atoms with E-state index in [2.05, 4.69) is 74.5 Å². The van der Waals surface area contributed by atoms with Crippen molar-refractivity contribution in [3.05, 3.63) is 81.9 Å². The molecule has 2 N–H and O–H groups in total. The highest BCUT2D eigenvalue weighted by Crippen LogP contribution is 2.59. The van der Waals surface area contributed by atoms with Crippen molar-refractivity contribution in [2.45, 2.75) is 51.4 Å². The molecule has 0 bridgehead atoms. The Bertz CT molecular complexity index is 860. The van der Waals surface area contributed by atoms with Crippen molar-refractivity contribution < 1.29 is 10.2 Å². The molecular formula is C27H32O2. The van der Waals surface area contributed by atoms with Gasteiger partial charge in [-0.3, -0.25) is 0 Å². The van der Waals surface area contributed by atoms with Gasteiger partial charge in [0.25, 0.3) is 0 Å². The van der Waals surface area contributed by atoms with Crippen molar-refractivity contribution in [3.63, 3.8) is 0 Å². The summed E-state index contributed by atoms with van der Waals surface area (Å²) in [6, 6.07) is 17.5. The molecule has 0 aromatic heterocycles. The van der Waals surface area contributed by atoms with E-state index in [1.165, 1.54) is 33.4 Å². The third-order valence-electron chi connectivity index (χ3n) is 6.77. The van der Waals surface area contributed by atoms with Crippen LogP contribution in [0.5, 0.6) is 0 Å². The zero-order chi connectivity index (χ0) is 20.4. The van der Waals surface area contributed by atoms with E-state index < -0.39 is 0 Å². The van der Waals surface area contributed by atoms with Crippen LogP contribution in [0.25, 0.3) is 12.2 Å². The van der Waals surface area contributed by atoms with Crippen LogP contribution in [0, 0.1) is 5.41 Å². The summed E-state index contributed by atoms with van der Waals surface area (Å²) >= 11 is 0. The number of aliphatic hydroxyl groups is 2. The molecule has 0 aliphatic heterocycles. The minimum atomic E-state index is -0.0121. The van der Waals surface area contributed by atoms with Crippen molar-refractivity contribution in [3.8, 4) is 0 Å². The average molecular weight is 389 g/mol. The summed E-state index contributed by atoms with van der Waals surface area (Å²) in [5.74, 6) is 0.665. The highest BCUT2D eigenvalue weighted by molar-refractivity contribution is 5.70. The molecule has 2 aliphatic carbocycles. The lowest BCUT2D eigenvalue weighted by molar-refractivity contribution is 0.253. The first-order valence-corrected chi connectivity index (χ1v) is 10.9. The molecule has 0 spiro atoms. The molecule has 2 aromatic carbocycles. The summed E-state index contributed by atoms with van der Waals surface area (Å²) in [6.45, 7) is 5.28. The predicted molar refractivity (Wildman–Crippen MR) is 121 cm³/mol. The van der Waals surface area contributed by atoms with Gasteiger partial charge in [0.2, 0.25) is 0 Å². The molecule has 2 aromatic rings. The number of hydrogen-bond donors (Lipinski definition) is 2. The molecule has 0 radical (unpaired) electrons. The Morgan fingerprint density at radius 1 is 0.690 bits per heavy atom. The van der Waals surface area contributed by atoms with Crippen molar-refractivity contribution in [1.82, 2.24) is 0 Å². The molecule has 0 saturated carbocycles. The molecule has 2 aliphatic rings. The Hall–Kier alpha value is -2.16. The van der Waals surface area contributed by atoms with Gasteiger partial charge in [-0.25, -0.2) is 0 Å².